The molecule has 0 amide bonds. The Kier molecular flexibility index (Phi) is 3.37. The largest absolute Gasteiger partial charge is 0.477 e. The second-order valence-corrected chi connectivity index (χ2v) is 5.65. The van der Waals surface area contributed by atoms with Crippen molar-refractivity contribution in [2.45, 2.75) is 45.8 Å². The molecular weight excluding hydrogens is 264 g/mol. The number of rotatable bonds is 3. The zero-order valence-electron chi connectivity index (χ0n) is 11.6. The predicted octanol–water partition coefficient (Wildman–Crippen LogP) is 1.05. The minimum atomic E-state index is -1.20. The number of aromatic nitrogens is 2. The number of carboxylic acid groups (broad SMARTS) is 1. The van der Waals surface area contributed by atoms with Crippen LogP contribution in [0.25, 0.3) is 0 Å². The van der Waals surface area contributed by atoms with Crippen LogP contribution in [0.15, 0.2) is 0 Å². The van der Waals surface area contributed by atoms with Crippen molar-refractivity contribution < 1.29 is 24.2 Å². The second kappa shape index (κ2) is 4.73. The Morgan fingerprint density at radius 3 is 2.55 bits per heavy atom. The molecule has 0 aliphatic heterocycles. The van der Waals surface area contributed by atoms with Gasteiger partial charge in [0.25, 0.3) is 0 Å². The summed E-state index contributed by atoms with van der Waals surface area (Å²) in [7, 11) is 0. The molecule has 0 aromatic carbocycles. The van der Waals surface area contributed by atoms with Crippen molar-refractivity contribution in [2.24, 2.45) is 0 Å². The van der Waals surface area contributed by atoms with Gasteiger partial charge in [0.05, 0.1) is 0 Å². The Morgan fingerprint density at radius 1 is 1.35 bits per heavy atom. The van der Waals surface area contributed by atoms with Crippen molar-refractivity contribution in [1.29, 1.82) is 0 Å². The molecule has 1 N–H and O–H groups in total. The highest BCUT2D eigenvalue weighted by Gasteiger charge is 2.32. The molecule has 20 heavy (non-hydrogen) atoms. The van der Waals surface area contributed by atoms with Crippen molar-refractivity contribution in [3.05, 3.63) is 17.0 Å². The first-order valence-electron chi connectivity index (χ1n) is 6.27. The third-order valence-corrected chi connectivity index (χ3v) is 2.82. The van der Waals surface area contributed by atoms with Gasteiger partial charge in [0.1, 0.15) is 17.8 Å². The highest BCUT2D eigenvalue weighted by atomic mass is 16.6. The highest BCUT2D eigenvalue weighted by Crippen LogP contribution is 2.25. The lowest BCUT2D eigenvalue weighted by Crippen LogP contribution is -2.28. The summed E-state index contributed by atoms with van der Waals surface area (Å²) in [5, 5.41) is 13.2. The van der Waals surface area contributed by atoms with Gasteiger partial charge in [0, 0.05) is 12.0 Å². The summed E-state index contributed by atoms with van der Waals surface area (Å²) in [6.45, 7) is 4.83. The first-order valence-corrected chi connectivity index (χ1v) is 6.27. The number of ketones is 1. The molecule has 0 saturated carbocycles. The maximum atomic E-state index is 11.8. The third kappa shape index (κ3) is 2.71. The van der Waals surface area contributed by atoms with E-state index in [-0.39, 0.29) is 30.1 Å². The first kappa shape index (κ1) is 14.2. The molecule has 1 aliphatic carbocycles. The molecule has 1 heterocycles. The van der Waals surface area contributed by atoms with E-state index in [4.69, 9.17) is 4.74 Å². The molecular formula is C13H16N2O5. The fourth-order valence-electron chi connectivity index (χ4n) is 2.17. The van der Waals surface area contributed by atoms with E-state index in [2.05, 4.69) is 5.10 Å². The summed E-state index contributed by atoms with van der Waals surface area (Å²) in [6.07, 6.45) is 0.620. The van der Waals surface area contributed by atoms with Gasteiger partial charge in [-0.25, -0.2) is 9.48 Å². The van der Waals surface area contributed by atoms with Gasteiger partial charge in [0.15, 0.2) is 11.5 Å². The summed E-state index contributed by atoms with van der Waals surface area (Å²) in [5.74, 6) is -1.98. The van der Waals surface area contributed by atoms with E-state index in [1.54, 1.807) is 20.8 Å². The number of fused-ring (bicyclic) bond motifs is 1. The Morgan fingerprint density at radius 2 is 2.00 bits per heavy atom. The van der Waals surface area contributed by atoms with Crippen molar-refractivity contribution in [3.63, 3.8) is 0 Å². The molecule has 0 saturated heterocycles. The van der Waals surface area contributed by atoms with Gasteiger partial charge < -0.3 is 9.84 Å². The number of Topliss-reactive ketones (excluding diaryl/α,β-unsaturated/α-hetero) is 1. The van der Waals surface area contributed by atoms with Crippen LogP contribution in [-0.4, -0.2) is 38.2 Å². The third-order valence-electron chi connectivity index (χ3n) is 2.82. The van der Waals surface area contributed by atoms with Crippen LogP contribution in [-0.2, 0) is 22.5 Å². The maximum Gasteiger partial charge on any atom is 0.354 e. The van der Waals surface area contributed by atoms with Crippen LogP contribution in [0.2, 0.25) is 0 Å². The van der Waals surface area contributed by atoms with Crippen LogP contribution in [0.1, 0.15) is 53.7 Å². The zero-order chi connectivity index (χ0) is 15.1. The van der Waals surface area contributed by atoms with Crippen LogP contribution in [0.4, 0.5) is 0 Å². The smallest absolute Gasteiger partial charge is 0.354 e. The number of hydrogen-bond donors (Lipinski definition) is 1. The number of aromatic carboxylic acids is 1. The number of carbonyl (C=O) groups excluding carboxylic acids is 2. The van der Waals surface area contributed by atoms with Gasteiger partial charge in [-0.2, -0.15) is 5.10 Å². The Labute approximate surface area is 115 Å². The topological polar surface area (TPSA) is 98.5 Å². The summed E-state index contributed by atoms with van der Waals surface area (Å²) in [5.41, 5.74) is -0.194. The molecule has 0 spiro atoms. The molecule has 0 radical (unpaired) electrons. The van der Waals surface area contributed by atoms with Crippen LogP contribution in [0.3, 0.4) is 0 Å². The van der Waals surface area contributed by atoms with E-state index in [9.17, 15) is 19.5 Å². The minimum absolute atomic E-state index is 0.100. The minimum Gasteiger partial charge on any atom is -0.477 e. The van der Waals surface area contributed by atoms with Crippen molar-refractivity contribution >= 4 is 17.7 Å². The van der Waals surface area contributed by atoms with Gasteiger partial charge in [-0.1, -0.05) is 0 Å². The van der Waals surface area contributed by atoms with Crippen molar-refractivity contribution in [2.75, 3.05) is 0 Å². The Bertz CT molecular complexity index is 595. The average molecular weight is 280 g/mol. The number of carboxylic acids is 1. The van der Waals surface area contributed by atoms with Gasteiger partial charge in [-0.05, 0) is 27.2 Å². The van der Waals surface area contributed by atoms with Crippen LogP contribution >= 0.6 is 0 Å². The lowest BCUT2D eigenvalue weighted by molar-refractivity contribution is -0.155. The number of hydrogen-bond acceptors (Lipinski definition) is 5. The zero-order valence-corrected chi connectivity index (χ0v) is 11.6. The van der Waals surface area contributed by atoms with Crippen molar-refractivity contribution in [3.8, 4) is 0 Å². The normalized spacial score (nSPS) is 14.2. The molecule has 0 atom stereocenters. The van der Waals surface area contributed by atoms with Crippen LogP contribution in [0, 0.1) is 0 Å². The number of nitrogens with zero attached hydrogens (tertiary/aromatic N) is 2. The molecule has 2 rings (SSSR count). The van der Waals surface area contributed by atoms with E-state index >= 15 is 0 Å². The molecule has 1 aliphatic rings. The average Bonchev–Trinajstić information content (AvgIpc) is 2.76. The molecule has 7 heteroatoms. The SMILES string of the molecule is CC(C)(C)OC(=O)Cn1nc2c(c1C(=O)O)CCC2=O. The van der Waals surface area contributed by atoms with E-state index in [0.29, 0.717) is 12.0 Å². The van der Waals surface area contributed by atoms with Crippen LogP contribution in [0.5, 0.6) is 0 Å². The number of esters is 1. The van der Waals surface area contributed by atoms with Gasteiger partial charge in [-0.15, -0.1) is 0 Å². The lowest BCUT2D eigenvalue weighted by Gasteiger charge is -2.19. The first-order chi connectivity index (χ1) is 9.19. The standard InChI is InChI=1S/C13H16N2O5/c1-13(2,3)20-9(17)6-15-11(12(18)19)7-4-5-8(16)10(7)14-15/h4-6H2,1-3H3,(H,18,19). The van der Waals surface area contributed by atoms with E-state index < -0.39 is 17.5 Å². The molecule has 0 fully saturated rings. The molecule has 0 bridgehead atoms. The van der Waals surface area contributed by atoms with Gasteiger partial charge in [0.2, 0.25) is 0 Å². The van der Waals surface area contributed by atoms with E-state index in [0.717, 1.165) is 4.68 Å². The Balaban J connectivity index is 2.29. The summed E-state index contributed by atoms with van der Waals surface area (Å²) in [4.78, 5) is 34.6. The number of ether oxygens (including phenoxy) is 1. The lowest BCUT2D eigenvalue weighted by atomic mass is 10.2. The maximum absolute atomic E-state index is 11.8. The molecule has 7 nitrogen and oxygen atoms in total. The fourth-order valence-corrected chi connectivity index (χ4v) is 2.17. The van der Waals surface area contributed by atoms with E-state index in [1.807, 2.05) is 0 Å². The predicted molar refractivity (Wildman–Crippen MR) is 67.7 cm³/mol. The second-order valence-electron chi connectivity index (χ2n) is 5.65. The molecule has 1 aromatic heterocycles. The van der Waals surface area contributed by atoms with Gasteiger partial charge in [-0.3, -0.25) is 9.59 Å². The van der Waals surface area contributed by atoms with Crippen LogP contribution < -0.4 is 0 Å². The fraction of sp³-hybridized carbons (Fsp3) is 0.538. The molecule has 108 valence electrons. The quantitative estimate of drug-likeness (QED) is 0.831. The summed E-state index contributed by atoms with van der Waals surface area (Å²) < 4.78 is 6.17. The highest BCUT2D eigenvalue weighted by molar-refractivity contribution is 6.02. The van der Waals surface area contributed by atoms with Gasteiger partial charge >= 0.3 is 11.9 Å². The summed E-state index contributed by atoms with van der Waals surface area (Å²) in [6, 6.07) is 0. The molecule has 0 unspecified atom stereocenters. The number of carbonyl (C=O) groups is 3. The van der Waals surface area contributed by atoms with E-state index in [1.165, 1.54) is 0 Å². The monoisotopic (exact) mass is 280 g/mol. The molecule has 1 aromatic rings. The van der Waals surface area contributed by atoms with Crippen molar-refractivity contribution in [1.82, 2.24) is 9.78 Å². The Hall–Kier alpha value is -2.18. The summed E-state index contributed by atoms with van der Waals surface area (Å²) >= 11 is 0.